The summed E-state index contributed by atoms with van der Waals surface area (Å²) < 4.78 is 7.39. The topological polar surface area (TPSA) is 62.6 Å². The molecular formula is C22H23N5O2. The third-order valence-corrected chi connectivity index (χ3v) is 5.58. The van der Waals surface area contributed by atoms with Crippen molar-refractivity contribution in [3.05, 3.63) is 54.7 Å². The number of aromatic nitrogens is 2. The number of piperazine rings is 1. The van der Waals surface area contributed by atoms with E-state index >= 15 is 0 Å². The van der Waals surface area contributed by atoms with Gasteiger partial charge in [0, 0.05) is 37.3 Å². The van der Waals surface area contributed by atoms with Crippen molar-refractivity contribution < 1.29 is 9.53 Å². The summed E-state index contributed by atoms with van der Waals surface area (Å²) in [5, 5.41) is 3.31. The Morgan fingerprint density at radius 2 is 1.83 bits per heavy atom. The highest BCUT2D eigenvalue weighted by Crippen LogP contribution is 2.38. The number of fused-ring (bicyclic) bond motifs is 3. The van der Waals surface area contributed by atoms with Crippen LogP contribution in [0.4, 0.5) is 10.5 Å². The van der Waals surface area contributed by atoms with Gasteiger partial charge in [0.15, 0.2) is 0 Å². The van der Waals surface area contributed by atoms with Crippen LogP contribution in [0.3, 0.4) is 0 Å². The number of amides is 2. The van der Waals surface area contributed by atoms with Crippen molar-refractivity contribution in [2.45, 2.75) is 6.67 Å². The lowest BCUT2D eigenvalue weighted by molar-refractivity contribution is 0.195. The van der Waals surface area contributed by atoms with Crippen LogP contribution < -0.4 is 15.0 Å². The van der Waals surface area contributed by atoms with Gasteiger partial charge in [-0.25, -0.2) is 9.78 Å². The Morgan fingerprint density at radius 1 is 1.07 bits per heavy atom. The summed E-state index contributed by atoms with van der Waals surface area (Å²) in [4.78, 5) is 21.8. The first-order valence-corrected chi connectivity index (χ1v) is 9.83. The van der Waals surface area contributed by atoms with Crippen LogP contribution in [0.25, 0.3) is 22.6 Å². The fourth-order valence-corrected chi connectivity index (χ4v) is 4.04. The molecule has 7 nitrogen and oxygen atoms in total. The van der Waals surface area contributed by atoms with Crippen molar-refractivity contribution in [2.75, 3.05) is 38.2 Å². The number of methoxy groups -OCH3 is 1. The number of hydrogen-bond acceptors (Lipinski definition) is 4. The zero-order valence-electron chi connectivity index (χ0n) is 16.3. The zero-order chi connectivity index (χ0) is 19.8. The molecule has 1 N–H and O–H groups in total. The second-order valence-corrected chi connectivity index (χ2v) is 7.23. The van der Waals surface area contributed by atoms with Crippen LogP contribution in [0.15, 0.2) is 54.7 Å². The van der Waals surface area contributed by atoms with Gasteiger partial charge in [-0.15, -0.1) is 0 Å². The van der Waals surface area contributed by atoms with Gasteiger partial charge in [0.1, 0.15) is 18.2 Å². The fraction of sp³-hybridized carbons (Fsp3) is 0.273. The number of rotatable bonds is 2. The summed E-state index contributed by atoms with van der Waals surface area (Å²) >= 11 is 0. The van der Waals surface area contributed by atoms with Crippen LogP contribution in [0, 0.1) is 0 Å². The van der Waals surface area contributed by atoms with E-state index in [1.54, 1.807) is 7.11 Å². The lowest BCUT2D eigenvalue weighted by Crippen LogP contribution is -2.52. The molecule has 0 radical (unpaired) electrons. The quantitative estimate of drug-likeness (QED) is 0.732. The molecular weight excluding hydrogens is 366 g/mol. The molecule has 2 aliphatic rings. The highest BCUT2D eigenvalue weighted by Gasteiger charge is 2.31. The highest BCUT2D eigenvalue weighted by molar-refractivity contribution is 5.97. The molecule has 0 aliphatic carbocycles. The predicted octanol–water partition coefficient (Wildman–Crippen LogP) is 3.03. The molecule has 3 heterocycles. The van der Waals surface area contributed by atoms with Crippen molar-refractivity contribution >= 4 is 11.7 Å². The van der Waals surface area contributed by atoms with Gasteiger partial charge in [0.25, 0.3) is 0 Å². The first-order chi connectivity index (χ1) is 14.3. The van der Waals surface area contributed by atoms with E-state index in [0.717, 1.165) is 60.3 Å². The highest BCUT2D eigenvalue weighted by atomic mass is 16.5. The van der Waals surface area contributed by atoms with Crippen LogP contribution in [-0.4, -0.2) is 53.8 Å². The summed E-state index contributed by atoms with van der Waals surface area (Å²) in [6.07, 6.45) is 1.89. The van der Waals surface area contributed by atoms with Gasteiger partial charge >= 0.3 is 6.03 Å². The molecule has 1 fully saturated rings. The van der Waals surface area contributed by atoms with Gasteiger partial charge in [0.05, 0.1) is 24.7 Å². The maximum atomic E-state index is 13.4. The van der Waals surface area contributed by atoms with E-state index in [-0.39, 0.29) is 6.03 Å². The number of imidazole rings is 1. The lowest BCUT2D eigenvalue weighted by Gasteiger charge is -2.37. The molecule has 29 heavy (non-hydrogen) atoms. The average Bonchev–Trinajstić information content (AvgIpc) is 3.23. The molecule has 2 amide bonds. The van der Waals surface area contributed by atoms with E-state index in [2.05, 4.69) is 20.9 Å². The molecule has 7 heteroatoms. The summed E-state index contributed by atoms with van der Waals surface area (Å²) in [6.45, 7) is 3.54. The van der Waals surface area contributed by atoms with E-state index < -0.39 is 0 Å². The molecule has 2 aromatic carbocycles. The number of nitrogens with zero attached hydrogens (tertiary/aromatic N) is 4. The molecule has 0 saturated carbocycles. The first-order valence-electron chi connectivity index (χ1n) is 9.83. The van der Waals surface area contributed by atoms with E-state index in [1.807, 2.05) is 58.5 Å². The van der Waals surface area contributed by atoms with Crippen LogP contribution in [-0.2, 0) is 6.67 Å². The molecule has 0 bridgehead atoms. The number of anilines is 1. The van der Waals surface area contributed by atoms with Crippen molar-refractivity contribution in [1.29, 1.82) is 0 Å². The second-order valence-electron chi connectivity index (χ2n) is 7.23. The molecule has 1 aromatic heterocycles. The Hall–Kier alpha value is -3.32. The minimum atomic E-state index is 0.0407. The van der Waals surface area contributed by atoms with E-state index in [4.69, 9.17) is 4.74 Å². The van der Waals surface area contributed by atoms with Crippen LogP contribution in [0.2, 0.25) is 0 Å². The van der Waals surface area contributed by atoms with Crippen molar-refractivity contribution in [2.24, 2.45) is 0 Å². The minimum absolute atomic E-state index is 0.0407. The summed E-state index contributed by atoms with van der Waals surface area (Å²) in [6, 6.07) is 15.9. The number of para-hydroxylation sites is 1. The molecule has 0 unspecified atom stereocenters. The Morgan fingerprint density at radius 3 is 2.59 bits per heavy atom. The fourth-order valence-electron chi connectivity index (χ4n) is 4.04. The molecule has 0 spiro atoms. The molecule has 2 aliphatic heterocycles. The average molecular weight is 389 g/mol. The second kappa shape index (κ2) is 7.25. The van der Waals surface area contributed by atoms with Crippen molar-refractivity contribution in [3.63, 3.8) is 0 Å². The minimum Gasteiger partial charge on any atom is -0.497 e. The normalized spacial score (nSPS) is 15.6. The molecule has 5 rings (SSSR count). The summed E-state index contributed by atoms with van der Waals surface area (Å²) in [5.74, 6) is 1.65. The Balaban J connectivity index is 1.56. The largest absolute Gasteiger partial charge is 0.497 e. The van der Waals surface area contributed by atoms with Crippen LogP contribution >= 0.6 is 0 Å². The first kappa shape index (κ1) is 17.8. The SMILES string of the molecule is COc1ccc(-c2ncc3n2CN(C(=O)N2CCNCC2)c2ccccc2-3)cc1. The number of urea groups is 1. The number of hydrogen-bond donors (Lipinski definition) is 1. The molecule has 0 atom stereocenters. The molecule has 1 saturated heterocycles. The van der Waals surface area contributed by atoms with Gasteiger partial charge in [0.2, 0.25) is 0 Å². The van der Waals surface area contributed by atoms with Gasteiger partial charge in [-0.05, 0) is 30.3 Å². The Bertz CT molecular complexity index is 1040. The summed E-state index contributed by atoms with van der Waals surface area (Å²) in [5.41, 5.74) is 3.97. The van der Waals surface area contributed by atoms with Crippen LogP contribution in [0.1, 0.15) is 0 Å². The standard InChI is InChI=1S/C22H23N5O2/c1-29-17-8-6-16(7-9-17)21-24-14-20-18-4-2-3-5-19(18)27(15-26(20)21)22(28)25-12-10-23-11-13-25/h2-9,14,23H,10-13,15H2,1H3. The van der Waals surface area contributed by atoms with Crippen molar-refractivity contribution in [3.8, 4) is 28.4 Å². The maximum Gasteiger partial charge on any atom is 0.326 e. The van der Waals surface area contributed by atoms with Gasteiger partial charge in [-0.2, -0.15) is 0 Å². The van der Waals surface area contributed by atoms with E-state index in [1.165, 1.54) is 0 Å². The monoisotopic (exact) mass is 389 g/mol. The van der Waals surface area contributed by atoms with Gasteiger partial charge < -0.3 is 19.5 Å². The maximum absolute atomic E-state index is 13.4. The number of nitrogens with one attached hydrogen (secondary N) is 1. The number of carbonyl (C=O) groups is 1. The predicted molar refractivity (Wildman–Crippen MR) is 112 cm³/mol. The number of carbonyl (C=O) groups excluding carboxylic acids is 1. The third-order valence-electron chi connectivity index (χ3n) is 5.58. The number of ether oxygens (including phenoxy) is 1. The lowest BCUT2D eigenvalue weighted by atomic mass is 10.1. The smallest absolute Gasteiger partial charge is 0.326 e. The van der Waals surface area contributed by atoms with E-state index in [0.29, 0.717) is 6.67 Å². The molecule has 148 valence electrons. The molecule has 3 aromatic rings. The third kappa shape index (κ3) is 3.03. The summed E-state index contributed by atoms with van der Waals surface area (Å²) in [7, 11) is 1.66. The van der Waals surface area contributed by atoms with E-state index in [9.17, 15) is 4.79 Å². The number of benzene rings is 2. The Kier molecular flexibility index (Phi) is 4.44. The van der Waals surface area contributed by atoms with Gasteiger partial charge in [-0.3, -0.25) is 4.90 Å². The Labute approximate surface area is 169 Å². The zero-order valence-corrected chi connectivity index (χ0v) is 16.3. The van der Waals surface area contributed by atoms with Crippen LogP contribution in [0.5, 0.6) is 5.75 Å². The van der Waals surface area contributed by atoms with Gasteiger partial charge in [-0.1, -0.05) is 18.2 Å². The van der Waals surface area contributed by atoms with Crippen molar-refractivity contribution in [1.82, 2.24) is 19.8 Å².